The topological polar surface area (TPSA) is 38.3 Å². The third-order valence-corrected chi connectivity index (χ3v) is 2.85. The molecule has 0 spiro atoms. The summed E-state index contributed by atoms with van der Waals surface area (Å²) in [5, 5.41) is 2.71. The lowest BCUT2D eigenvalue weighted by Crippen LogP contribution is -2.20. The van der Waals surface area contributed by atoms with Crippen LogP contribution in [0.15, 0.2) is 60.7 Å². The van der Waals surface area contributed by atoms with E-state index in [4.69, 9.17) is 0 Å². The first-order valence-corrected chi connectivity index (χ1v) is 6.78. The molecule has 0 saturated carbocycles. The molecule has 120 valence electrons. The molecule has 0 heterocycles. The summed E-state index contributed by atoms with van der Waals surface area (Å²) in [4.78, 5) is 11.7. The molecule has 2 aromatic carbocycles. The summed E-state index contributed by atoms with van der Waals surface area (Å²) >= 11 is 0. The number of halogens is 3. The van der Waals surface area contributed by atoms with Crippen LogP contribution in [0.4, 0.5) is 13.2 Å². The highest BCUT2D eigenvalue weighted by atomic mass is 19.4. The van der Waals surface area contributed by atoms with Crippen LogP contribution in [-0.4, -0.2) is 12.3 Å². The second kappa shape index (κ2) is 7.49. The number of amides is 1. The Hall–Kier alpha value is -2.76. The lowest BCUT2D eigenvalue weighted by atomic mass is 10.2. The Bertz CT molecular complexity index is 664. The van der Waals surface area contributed by atoms with Crippen molar-refractivity contribution < 1.29 is 22.7 Å². The maximum Gasteiger partial charge on any atom is 0.573 e. The molecule has 0 fully saturated rings. The lowest BCUT2D eigenvalue weighted by Gasteiger charge is -2.08. The van der Waals surface area contributed by atoms with Crippen molar-refractivity contribution in [3.05, 3.63) is 71.8 Å². The Morgan fingerprint density at radius 2 is 1.70 bits per heavy atom. The van der Waals surface area contributed by atoms with Crippen LogP contribution in [0.3, 0.4) is 0 Å². The Balaban J connectivity index is 1.86. The first kappa shape index (κ1) is 16.6. The molecule has 6 heteroatoms. The Labute approximate surface area is 131 Å². The van der Waals surface area contributed by atoms with Crippen LogP contribution in [0.5, 0.6) is 5.75 Å². The minimum Gasteiger partial charge on any atom is -0.406 e. The molecule has 0 atom stereocenters. The second-order valence-electron chi connectivity index (χ2n) is 4.65. The van der Waals surface area contributed by atoms with Gasteiger partial charge in [0.05, 0.1) is 0 Å². The molecule has 3 nitrogen and oxygen atoms in total. The van der Waals surface area contributed by atoms with Gasteiger partial charge in [0.2, 0.25) is 5.91 Å². The maximum atomic E-state index is 12.0. The highest BCUT2D eigenvalue weighted by Crippen LogP contribution is 2.22. The molecule has 0 unspecified atom stereocenters. The van der Waals surface area contributed by atoms with Crippen molar-refractivity contribution >= 4 is 12.0 Å². The van der Waals surface area contributed by atoms with Gasteiger partial charge in [0.25, 0.3) is 0 Å². The predicted octanol–water partition coefficient (Wildman–Crippen LogP) is 3.91. The van der Waals surface area contributed by atoms with E-state index in [1.807, 2.05) is 30.3 Å². The summed E-state index contributed by atoms with van der Waals surface area (Å²) in [6, 6.07) is 14.7. The van der Waals surface area contributed by atoms with Crippen LogP contribution in [-0.2, 0) is 11.3 Å². The number of alkyl halides is 3. The van der Waals surface area contributed by atoms with Crippen molar-refractivity contribution in [1.82, 2.24) is 5.32 Å². The van der Waals surface area contributed by atoms with E-state index in [0.717, 1.165) is 5.56 Å². The van der Waals surface area contributed by atoms with Gasteiger partial charge < -0.3 is 10.1 Å². The summed E-state index contributed by atoms with van der Waals surface area (Å²) < 4.78 is 39.9. The monoisotopic (exact) mass is 321 g/mol. The fraction of sp³-hybridized carbons (Fsp3) is 0.118. The van der Waals surface area contributed by atoms with Crippen LogP contribution < -0.4 is 10.1 Å². The van der Waals surface area contributed by atoms with Gasteiger partial charge in [0.1, 0.15) is 5.75 Å². The number of benzene rings is 2. The van der Waals surface area contributed by atoms with Crippen molar-refractivity contribution in [2.24, 2.45) is 0 Å². The van der Waals surface area contributed by atoms with Crippen LogP contribution in [0, 0.1) is 0 Å². The lowest BCUT2D eigenvalue weighted by molar-refractivity contribution is -0.274. The van der Waals surface area contributed by atoms with E-state index in [0.29, 0.717) is 12.1 Å². The third kappa shape index (κ3) is 6.25. The number of rotatable bonds is 5. The molecule has 0 saturated heterocycles. The van der Waals surface area contributed by atoms with Gasteiger partial charge in [-0.15, -0.1) is 13.2 Å². The molecule has 0 bridgehead atoms. The smallest absolute Gasteiger partial charge is 0.406 e. The van der Waals surface area contributed by atoms with Crippen molar-refractivity contribution in [3.8, 4) is 5.75 Å². The highest BCUT2D eigenvalue weighted by Gasteiger charge is 2.30. The largest absolute Gasteiger partial charge is 0.573 e. The zero-order chi connectivity index (χ0) is 16.7. The molecule has 1 amide bonds. The van der Waals surface area contributed by atoms with Crippen LogP contribution >= 0.6 is 0 Å². The Kier molecular flexibility index (Phi) is 5.41. The van der Waals surface area contributed by atoms with E-state index >= 15 is 0 Å². The van der Waals surface area contributed by atoms with Crippen molar-refractivity contribution in [2.75, 3.05) is 0 Å². The summed E-state index contributed by atoms with van der Waals surface area (Å²) in [5.74, 6) is -0.590. The highest BCUT2D eigenvalue weighted by molar-refractivity contribution is 5.91. The predicted molar refractivity (Wildman–Crippen MR) is 80.4 cm³/mol. The Morgan fingerprint density at radius 3 is 2.30 bits per heavy atom. The first-order chi connectivity index (χ1) is 10.9. The second-order valence-corrected chi connectivity index (χ2v) is 4.65. The van der Waals surface area contributed by atoms with E-state index < -0.39 is 6.36 Å². The molecule has 2 rings (SSSR count). The molecule has 0 aliphatic carbocycles. The minimum atomic E-state index is -4.71. The van der Waals surface area contributed by atoms with E-state index in [9.17, 15) is 18.0 Å². The quantitative estimate of drug-likeness (QED) is 0.848. The number of hydrogen-bond donors (Lipinski definition) is 1. The van der Waals surface area contributed by atoms with Crippen LogP contribution in [0.25, 0.3) is 6.08 Å². The van der Waals surface area contributed by atoms with Gasteiger partial charge in [0, 0.05) is 12.6 Å². The average molecular weight is 321 g/mol. The van der Waals surface area contributed by atoms with E-state index in [1.165, 1.54) is 36.4 Å². The van der Waals surface area contributed by atoms with Crippen molar-refractivity contribution in [3.63, 3.8) is 0 Å². The normalized spacial score (nSPS) is 11.4. The SMILES string of the molecule is O=C(/C=C/c1ccc(OC(F)(F)F)cc1)NCc1ccccc1. The minimum absolute atomic E-state index is 0.288. The van der Waals surface area contributed by atoms with Gasteiger partial charge in [-0.1, -0.05) is 42.5 Å². The van der Waals surface area contributed by atoms with Gasteiger partial charge in [-0.3, -0.25) is 4.79 Å². The summed E-state index contributed by atoms with van der Waals surface area (Å²) in [6.45, 7) is 0.405. The number of hydrogen-bond acceptors (Lipinski definition) is 2. The van der Waals surface area contributed by atoms with Gasteiger partial charge in [-0.2, -0.15) is 0 Å². The van der Waals surface area contributed by atoms with Gasteiger partial charge in [-0.05, 0) is 29.3 Å². The summed E-state index contributed by atoms with van der Waals surface area (Å²) in [7, 11) is 0. The average Bonchev–Trinajstić information content (AvgIpc) is 2.52. The summed E-state index contributed by atoms with van der Waals surface area (Å²) in [6.07, 6.45) is -1.88. The molecule has 23 heavy (non-hydrogen) atoms. The maximum absolute atomic E-state index is 12.0. The number of carbonyl (C=O) groups excluding carboxylic acids is 1. The Morgan fingerprint density at radius 1 is 1.04 bits per heavy atom. The zero-order valence-electron chi connectivity index (χ0n) is 12.0. The van der Waals surface area contributed by atoms with Crippen molar-refractivity contribution in [1.29, 1.82) is 0 Å². The third-order valence-electron chi connectivity index (χ3n) is 2.85. The van der Waals surface area contributed by atoms with E-state index in [2.05, 4.69) is 10.1 Å². The number of nitrogens with one attached hydrogen (secondary N) is 1. The van der Waals surface area contributed by atoms with Crippen LogP contribution in [0.1, 0.15) is 11.1 Å². The summed E-state index contributed by atoms with van der Waals surface area (Å²) in [5.41, 5.74) is 1.57. The molecular formula is C17H14F3NO2. The standard InChI is InChI=1S/C17H14F3NO2/c18-17(19,20)23-15-9-6-13(7-10-15)8-11-16(22)21-12-14-4-2-1-3-5-14/h1-11H,12H2,(H,21,22)/b11-8+. The van der Waals surface area contributed by atoms with Gasteiger partial charge >= 0.3 is 6.36 Å². The molecule has 0 radical (unpaired) electrons. The molecule has 0 aliphatic rings. The first-order valence-electron chi connectivity index (χ1n) is 6.78. The van der Waals surface area contributed by atoms with E-state index in [-0.39, 0.29) is 11.7 Å². The molecule has 1 N–H and O–H groups in total. The zero-order valence-corrected chi connectivity index (χ0v) is 12.0. The molecule has 0 aliphatic heterocycles. The number of carbonyl (C=O) groups is 1. The fourth-order valence-electron chi connectivity index (χ4n) is 1.80. The fourth-order valence-corrected chi connectivity index (χ4v) is 1.80. The van der Waals surface area contributed by atoms with Crippen LogP contribution in [0.2, 0.25) is 0 Å². The van der Waals surface area contributed by atoms with Gasteiger partial charge in [0.15, 0.2) is 0 Å². The number of ether oxygens (including phenoxy) is 1. The van der Waals surface area contributed by atoms with E-state index in [1.54, 1.807) is 0 Å². The van der Waals surface area contributed by atoms with Gasteiger partial charge in [-0.25, -0.2) is 0 Å². The molecule has 0 aromatic heterocycles. The molecular weight excluding hydrogens is 307 g/mol. The molecule has 2 aromatic rings. The van der Waals surface area contributed by atoms with Crippen molar-refractivity contribution in [2.45, 2.75) is 12.9 Å².